The molecule has 0 aliphatic carbocycles. The van der Waals surface area contributed by atoms with Gasteiger partial charge in [-0.05, 0) is 42.2 Å². The summed E-state index contributed by atoms with van der Waals surface area (Å²) in [5, 5.41) is 1.49. The zero-order valence-electron chi connectivity index (χ0n) is 10.2. The second-order valence-electron chi connectivity index (χ2n) is 4.24. The van der Waals surface area contributed by atoms with Crippen LogP contribution >= 0.6 is 0 Å². The summed E-state index contributed by atoms with van der Waals surface area (Å²) < 4.78 is 0. The molecule has 0 atom stereocenters. The van der Waals surface area contributed by atoms with E-state index in [9.17, 15) is 4.79 Å². The van der Waals surface area contributed by atoms with Crippen LogP contribution in [0.25, 0.3) is 5.57 Å². The van der Waals surface area contributed by atoms with Gasteiger partial charge in [-0.2, -0.15) is 0 Å². The molecule has 0 bridgehead atoms. The maximum absolute atomic E-state index is 10.9. The van der Waals surface area contributed by atoms with Crippen LogP contribution in [0.15, 0.2) is 30.5 Å². The number of allylic oxidation sites excluding steroid dienone is 2. The number of nitrogens with zero attached hydrogens (tertiary/aromatic N) is 1. The molecule has 0 saturated carbocycles. The maximum Gasteiger partial charge on any atom is 0.152 e. The van der Waals surface area contributed by atoms with Crippen molar-refractivity contribution in [1.82, 2.24) is 0 Å². The second kappa shape index (κ2) is 4.18. The lowest BCUT2D eigenvalue weighted by atomic mass is 9.91. The van der Waals surface area contributed by atoms with Gasteiger partial charge in [0.1, 0.15) is 0 Å². The number of aryl methyl sites for hydroxylation is 2. The van der Waals surface area contributed by atoms with Crippen molar-refractivity contribution in [1.29, 1.82) is 0 Å². The van der Waals surface area contributed by atoms with Crippen LogP contribution in [0.5, 0.6) is 0 Å². The number of fused-ring (bicyclic) bond motifs is 1. The fourth-order valence-corrected chi connectivity index (χ4v) is 2.13. The van der Waals surface area contributed by atoms with Crippen molar-refractivity contribution in [2.75, 3.05) is 5.01 Å². The molecule has 3 heteroatoms. The summed E-state index contributed by atoms with van der Waals surface area (Å²) in [6, 6.07) is 4.11. The monoisotopic (exact) mass is 228 g/mol. The first-order valence-corrected chi connectivity index (χ1v) is 5.62. The lowest BCUT2D eigenvalue weighted by Crippen LogP contribution is -2.29. The van der Waals surface area contributed by atoms with Gasteiger partial charge in [-0.25, -0.2) is 5.84 Å². The van der Waals surface area contributed by atoms with Gasteiger partial charge in [0.2, 0.25) is 0 Å². The van der Waals surface area contributed by atoms with Crippen molar-refractivity contribution in [3.8, 4) is 0 Å². The Morgan fingerprint density at radius 3 is 2.76 bits per heavy atom. The zero-order chi connectivity index (χ0) is 12.6. The molecule has 0 unspecified atom stereocenters. The van der Waals surface area contributed by atoms with Crippen LogP contribution in [0.3, 0.4) is 0 Å². The standard InChI is InChI=1S/C14H16N2O/c1-4-11-6-13-10(3)12(8-17)7-16(15)14(13)5-9(11)2/h5-8H,3-4,15H2,1-2H3. The van der Waals surface area contributed by atoms with E-state index in [0.29, 0.717) is 5.57 Å². The van der Waals surface area contributed by atoms with Gasteiger partial charge in [-0.1, -0.05) is 13.5 Å². The highest BCUT2D eigenvalue weighted by Crippen LogP contribution is 2.35. The molecule has 2 N–H and O–H groups in total. The Morgan fingerprint density at radius 2 is 2.18 bits per heavy atom. The maximum atomic E-state index is 10.9. The normalized spacial score (nSPS) is 14.4. The Bertz CT molecular complexity index is 529. The van der Waals surface area contributed by atoms with Crippen molar-refractivity contribution in [3.63, 3.8) is 0 Å². The van der Waals surface area contributed by atoms with Gasteiger partial charge >= 0.3 is 0 Å². The molecule has 1 aromatic carbocycles. The average Bonchev–Trinajstić information content (AvgIpc) is 2.33. The van der Waals surface area contributed by atoms with Gasteiger partial charge in [0.05, 0.1) is 5.69 Å². The second-order valence-corrected chi connectivity index (χ2v) is 4.24. The Morgan fingerprint density at radius 1 is 1.47 bits per heavy atom. The lowest BCUT2D eigenvalue weighted by molar-refractivity contribution is -0.104. The van der Waals surface area contributed by atoms with Crippen molar-refractivity contribution < 1.29 is 4.79 Å². The van der Waals surface area contributed by atoms with Crippen molar-refractivity contribution in [2.45, 2.75) is 20.3 Å². The highest BCUT2D eigenvalue weighted by Gasteiger charge is 2.20. The number of benzene rings is 1. The molecule has 0 radical (unpaired) electrons. The third kappa shape index (κ3) is 1.78. The number of hydrazine groups is 1. The molecule has 0 fully saturated rings. The zero-order valence-corrected chi connectivity index (χ0v) is 10.2. The van der Waals surface area contributed by atoms with Crippen LogP contribution in [0.4, 0.5) is 5.69 Å². The highest BCUT2D eigenvalue weighted by molar-refractivity contribution is 6.03. The molecule has 0 spiro atoms. The topological polar surface area (TPSA) is 46.3 Å². The number of hydrogen-bond acceptors (Lipinski definition) is 3. The molecule has 1 heterocycles. The van der Waals surface area contributed by atoms with E-state index < -0.39 is 0 Å². The number of nitrogens with two attached hydrogens (primary N) is 1. The van der Waals surface area contributed by atoms with Crippen LogP contribution in [0, 0.1) is 6.92 Å². The van der Waals surface area contributed by atoms with Gasteiger partial charge < -0.3 is 0 Å². The van der Waals surface area contributed by atoms with Gasteiger partial charge in [0.25, 0.3) is 0 Å². The first-order chi connectivity index (χ1) is 8.08. The molecule has 0 saturated heterocycles. The molecule has 17 heavy (non-hydrogen) atoms. The highest BCUT2D eigenvalue weighted by atomic mass is 16.1. The van der Waals surface area contributed by atoms with Crippen LogP contribution in [0.1, 0.15) is 23.6 Å². The summed E-state index contributed by atoms with van der Waals surface area (Å²) in [4.78, 5) is 10.9. The van der Waals surface area contributed by atoms with Crippen LogP contribution < -0.4 is 10.9 Å². The Hall–Kier alpha value is -1.87. The first-order valence-electron chi connectivity index (χ1n) is 5.62. The van der Waals surface area contributed by atoms with Crippen LogP contribution in [-0.4, -0.2) is 6.29 Å². The quantitative estimate of drug-likeness (QED) is 0.624. The smallest absolute Gasteiger partial charge is 0.152 e. The predicted molar refractivity (Wildman–Crippen MR) is 70.4 cm³/mol. The number of anilines is 1. The first kappa shape index (κ1) is 11.6. The SMILES string of the molecule is C=C1C(C=O)=CN(N)c2cc(C)c(CC)cc21. The third-order valence-electron chi connectivity index (χ3n) is 3.19. The number of aldehydes is 1. The van der Waals surface area contributed by atoms with Crippen LogP contribution in [0.2, 0.25) is 0 Å². The fourth-order valence-electron chi connectivity index (χ4n) is 2.13. The van der Waals surface area contributed by atoms with Gasteiger partial charge in [-0.3, -0.25) is 9.80 Å². The minimum Gasteiger partial charge on any atom is -0.298 e. The number of carbonyl (C=O) groups excluding carboxylic acids is 1. The number of hydrogen-bond donors (Lipinski definition) is 1. The van der Waals surface area contributed by atoms with E-state index in [-0.39, 0.29) is 0 Å². The van der Waals surface area contributed by atoms with Gasteiger partial charge in [0.15, 0.2) is 6.29 Å². The number of rotatable bonds is 2. The van der Waals surface area contributed by atoms with E-state index >= 15 is 0 Å². The molecule has 1 aromatic rings. The predicted octanol–water partition coefficient (Wildman–Crippen LogP) is 2.35. The van der Waals surface area contributed by atoms with Crippen molar-refractivity contribution in [3.05, 3.63) is 47.2 Å². The molecule has 1 aliphatic heterocycles. The molecule has 3 nitrogen and oxygen atoms in total. The molecule has 0 aromatic heterocycles. The molecular formula is C14H16N2O. The summed E-state index contributed by atoms with van der Waals surface area (Å²) in [5.74, 6) is 5.89. The number of carbonyl (C=O) groups is 1. The Kier molecular flexibility index (Phi) is 2.86. The average molecular weight is 228 g/mol. The van der Waals surface area contributed by atoms with E-state index in [4.69, 9.17) is 5.84 Å². The van der Waals surface area contributed by atoms with E-state index in [0.717, 1.165) is 29.5 Å². The fraction of sp³-hybridized carbons (Fsp3) is 0.214. The lowest BCUT2D eigenvalue weighted by Gasteiger charge is -2.26. The Balaban J connectivity index is 2.63. The van der Waals surface area contributed by atoms with Gasteiger partial charge in [0, 0.05) is 17.3 Å². The third-order valence-corrected chi connectivity index (χ3v) is 3.19. The molecular weight excluding hydrogens is 212 g/mol. The van der Waals surface area contributed by atoms with E-state index in [1.54, 1.807) is 6.20 Å². The molecule has 0 amide bonds. The van der Waals surface area contributed by atoms with E-state index in [1.165, 1.54) is 16.1 Å². The Labute approximate surface area is 101 Å². The molecule has 2 rings (SSSR count). The summed E-state index contributed by atoms with van der Waals surface area (Å²) in [5.41, 5.74) is 5.58. The van der Waals surface area contributed by atoms with E-state index in [1.807, 2.05) is 6.07 Å². The minimum absolute atomic E-state index is 0.533. The summed E-state index contributed by atoms with van der Waals surface area (Å²) in [7, 11) is 0. The minimum atomic E-state index is 0.533. The summed E-state index contributed by atoms with van der Waals surface area (Å²) in [6.07, 6.45) is 3.36. The largest absolute Gasteiger partial charge is 0.298 e. The molecule has 88 valence electrons. The van der Waals surface area contributed by atoms with Crippen LogP contribution in [-0.2, 0) is 11.2 Å². The van der Waals surface area contributed by atoms with E-state index in [2.05, 4.69) is 26.5 Å². The molecule has 1 aliphatic rings. The summed E-state index contributed by atoms with van der Waals surface area (Å²) >= 11 is 0. The van der Waals surface area contributed by atoms with Gasteiger partial charge in [-0.15, -0.1) is 0 Å². The van der Waals surface area contributed by atoms with Crippen molar-refractivity contribution in [2.24, 2.45) is 5.84 Å². The van der Waals surface area contributed by atoms with Crippen molar-refractivity contribution >= 4 is 17.5 Å². The summed E-state index contributed by atoms with van der Waals surface area (Å²) in [6.45, 7) is 8.14.